The first-order chi connectivity index (χ1) is 15.0. The number of imidazole rings is 1. The van der Waals surface area contributed by atoms with Crippen LogP contribution in [0.15, 0.2) is 48.5 Å². The van der Waals surface area contributed by atoms with Gasteiger partial charge in [0, 0.05) is 30.4 Å². The van der Waals surface area contributed by atoms with Crippen molar-refractivity contribution >= 4 is 34.3 Å². The topological polar surface area (TPSA) is 79.3 Å². The lowest BCUT2D eigenvalue weighted by molar-refractivity contribution is -0.118. The van der Waals surface area contributed by atoms with E-state index in [0.29, 0.717) is 17.9 Å². The number of nitrogens with zero attached hydrogens (tertiary/aromatic N) is 3. The molecule has 7 heteroatoms. The predicted molar refractivity (Wildman–Crippen MR) is 123 cm³/mol. The Morgan fingerprint density at radius 3 is 2.42 bits per heavy atom. The third-order valence-corrected chi connectivity index (χ3v) is 5.74. The maximum atomic E-state index is 13.1. The highest BCUT2D eigenvalue weighted by Gasteiger charge is 2.33. The number of rotatable bonds is 5. The second kappa shape index (κ2) is 8.79. The van der Waals surface area contributed by atoms with Gasteiger partial charge in [-0.1, -0.05) is 26.0 Å². The number of aryl methyl sites for hydroxylation is 1. The monoisotopic (exact) mass is 419 g/mol. The Morgan fingerprint density at radius 2 is 1.74 bits per heavy atom. The van der Waals surface area contributed by atoms with Crippen molar-refractivity contribution in [3.8, 4) is 0 Å². The van der Waals surface area contributed by atoms with E-state index in [4.69, 9.17) is 4.98 Å². The standard InChI is InChI=1S/C24H29N5O2/c1-4-28-20-9-6-5-8-19(20)27-22(28)21-10-7-15-29(21)24(31)26-18-13-11-17(12-14-18)25-23(30)16(2)3/h5-6,8-9,11-14,16,21H,4,7,10,15H2,1-3H3,(H,25,30)(H,26,31). The number of para-hydroxylation sites is 2. The molecule has 162 valence electrons. The van der Waals surface area contributed by atoms with E-state index in [1.807, 2.05) is 36.9 Å². The zero-order chi connectivity index (χ0) is 22.0. The summed E-state index contributed by atoms with van der Waals surface area (Å²) in [4.78, 5) is 31.7. The van der Waals surface area contributed by atoms with Crippen LogP contribution in [0.4, 0.5) is 16.2 Å². The van der Waals surface area contributed by atoms with E-state index in [1.54, 1.807) is 24.3 Å². The summed E-state index contributed by atoms with van der Waals surface area (Å²) in [5.74, 6) is 0.831. The Morgan fingerprint density at radius 1 is 1.06 bits per heavy atom. The summed E-state index contributed by atoms with van der Waals surface area (Å²) in [7, 11) is 0. The lowest BCUT2D eigenvalue weighted by atomic mass is 10.2. The van der Waals surface area contributed by atoms with E-state index in [2.05, 4.69) is 28.2 Å². The lowest BCUT2D eigenvalue weighted by Crippen LogP contribution is -2.35. The molecule has 1 unspecified atom stereocenters. The van der Waals surface area contributed by atoms with E-state index >= 15 is 0 Å². The van der Waals surface area contributed by atoms with E-state index < -0.39 is 0 Å². The van der Waals surface area contributed by atoms with Crippen molar-refractivity contribution in [1.29, 1.82) is 0 Å². The number of hydrogen-bond donors (Lipinski definition) is 2. The smallest absolute Gasteiger partial charge is 0.322 e. The number of amides is 3. The molecule has 7 nitrogen and oxygen atoms in total. The van der Waals surface area contributed by atoms with E-state index in [-0.39, 0.29) is 23.9 Å². The minimum Gasteiger partial charge on any atom is -0.327 e. The van der Waals surface area contributed by atoms with Gasteiger partial charge in [-0.25, -0.2) is 9.78 Å². The van der Waals surface area contributed by atoms with Crippen molar-refractivity contribution < 1.29 is 9.59 Å². The summed E-state index contributed by atoms with van der Waals surface area (Å²) in [6.07, 6.45) is 1.85. The summed E-state index contributed by atoms with van der Waals surface area (Å²) in [6, 6.07) is 15.1. The molecule has 1 saturated heterocycles. The van der Waals surface area contributed by atoms with Gasteiger partial charge in [-0.05, 0) is 56.2 Å². The largest absolute Gasteiger partial charge is 0.327 e. The van der Waals surface area contributed by atoms with Crippen LogP contribution in [0.5, 0.6) is 0 Å². The van der Waals surface area contributed by atoms with Crippen LogP contribution in [0.25, 0.3) is 11.0 Å². The minimum absolute atomic E-state index is 0.0319. The molecule has 0 bridgehead atoms. The Balaban J connectivity index is 1.49. The first-order valence-corrected chi connectivity index (χ1v) is 10.9. The quantitative estimate of drug-likeness (QED) is 0.609. The second-order valence-corrected chi connectivity index (χ2v) is 8.21. The Labute approximate surface area is 182 Å². The average Bonchev–Trinajstić information content (AvgIpc) is 3.39. The number of urea groups is 1. The van der Waals surface area contributed by atoms with Gasteiger partial charge in [0.2, 0.25) is 5.91 Å². The van der Waals surface area contributed by atoms with Crippen molar-refractivity contribution in [2.75, 3.05) is 17.2 Å². The van der Waals surface area contributed by atoms with Gasteiger partial charge in [-0.15, -0.1) is 0 Å². The molecule has 2 heterocycles. The molecule has 1 fully saturated rings. The van der Waals surface area contributed by atoms with Crippen molar-refractivity contribution in [2.24, 2.45) is 5.92 Å². The highest BCUT2D eigenvalue weighted by atomic mass is 16.2. The van der Waals surface area contributed by atoms with Gasteiger partial charge in [0.05, 0.1) is 17.1 Å². The first-order valence-electron chi connectivity index (χ1n) is 10.9. The number of hydrogen-bond acceptors (Lipinski definition) is 3. The molecule has 1 aliphatic heterocycles. The molecule has 1 aliphatic rings. The Hall–Kier alpha value is -3.35. The molecule has 0 spiro atoms. The van der Waals surface area contributed by atoms with Crippen molar-refractivity contribution in [2.45, 2.75) is 46.2 Å². The molecule has 0 saturated carbocycles. The van der Waals surface area contributed by atoms with E-state index in [1.165, 1.54) is 0 Å². The predicted octanol–water partition coefficient (Wildman–Crippen LogP) is 5.02. The number of benzene rings is 2. The number of likely N-dealkylation sites (tertiary alicyclic amines) is 1. The maximum absolute atomic E-state index is 13.1. The minimum atomic E-state index is -0.129. The summed E-state index contributed by atoms with van der Waals surface area (Å²) < 4.78 is 2.21. The maximum Gasteiger partial charge on any atom is 0.322 e. The summed E-state index contributed by atoms with van der Waals surface area (Å²) in [5, 5.41) is 5.85. The zero-order valence-corrected chi connectivity index (χ0v) is 18.3. The van der Waals surface area contributed by atoms with E-state index in [0.717, 1.165) is 36.2 Å². The summed E-state index contributed by atoms with van der Waals surface area (Å²) in [6.45, 7) is 7.32. The fraction of sp³-hybridized carbons (Fsp3) is 0.375. The third kappa shape index (κ3) is 4.26. The van der Waals surface area contributed by atoms with Crippen LogP contribution in [0, 0.1) is 5.92 Å². The van der Waals surface area contributed by atoms with E-state index in [9.17, 15) is 9.59 Å². The SMILES string of the molecule is CCn1c(C2CCCN2C(=O)Nc2ccc(NC(=O)C(C)C)cc2)nc2ccccc21. The second-order valence-electron chi connectivity index (χ2n) is 8.21. The van der Waals surface area contributed by atoms with Gasteiger partial charge in [0.1, 0.15) is 5.82 Å². The van der Waals surface area contributed by atoms with Gasteiger partial charge in [0.25, 0.3) is 0 Å². The number of nitrogens with one attached hydrogen (secondary N) is 2. The van der Waals surface area contributed by atoms with Crippen molar-refractivity contribution in [3.05, 3.63) is 54.4 Å². The molecule has 3 aromatic rings. The fourth-order valence-corrected chi connectivity index (χ4v) is 4.08. The molecule has 2 N–H and O–H groups in total. The van der Waals surface area contributed by atoms with Crippen LogP contribution < -0.4 is 10.6 Å². The fourth-order valence-electron chi connectivity index (χ4n) is 4.08. The van der Waals surface area contributed by atoms with Crippen LogP contribution in [0.2, 0.25) is 0 Å². The first kappa shape index (κ1) is 20.9. The van der Waals surface area contributed by atoms with Gasteiger partial charge in [-0.2, -0.15) is 0 Å². The van der Waals surface area contributed by atoms with Crippen LogP contribution in [0.3, 0.4) is 0 Å². The van der Waals surface area contributed by atoms with Crippen molar-refractivity contribution in [3.63, 3.8) is 0 Å². The highest BCUT2D eigenvalue weighted by Crippen LogP contribution is 2.34. The number of fused-ring (bicyclic) bond motifs is 1. The average molecular weight is 420 g/mol. The van der Waals surface area contributed by atoms with Crippen LogP contribution in [-0.4, -0.2) is 32.9 Å². The molecular formula is C24H29N5O2. The van der Waals surface area contributed by atoms with Crippen molar-refractivity contribution in [1.82, 2.24) is 14.5 Å². The third-order valence-electron chi connectivity index (χ3n) is 5.74. The molecule has 31 heavy (non-hydrogen) atoms. The molecule has 1 atom stereocenters. The normalized spacial score (nSPS) is 16.1. The lowest BCUT2D eigenvalue weighted by Gasteiger charge is -2.25. The van der Waals surface area contributed by atoms with Crippen LogP contribution in [0.1, 0.15) is 45.5 Å². The highest BCUT2D eigenvalue weighted by molar-refractivity contribution is 5.93. The number of carbonyl (C=O) groups is 2. The van der Waals surface area contributed by atoms with Crippen LogP contribution in [-0.2, 0) is 11.3 Å². The number of carbonyl (C=O) groups excluding carboxylic acids is 2. The summed E-state index contributed by atoms with van der Waals surface area (Å²) in [5.41, 5.74) is 3.48. The van der Waals surface area contributed by atoms with Gasteiger partial charge >= 0.3 is 6.03 Å². The van der Waals surface area contributed by atoms with Gasteiger partial charge in [-0.3, -0.25) is 4.79 Å². The molecular weight excluding hydrogens is 390 g/mol. The van der Waals surface area contributed by atoms with Crippen LogP contribution >= 0.6 is 0 Å². The Kier molecular flexibility index (Phi) is 5.93. The van der Waals surface area contributed by atoms with Gasteiger partial charge < -0.3 is 20.1 Å². The number of anilines is 2. The Bertz CT molecular complexity index is 1090. The molecule has 3 amide bonds. The summed E-state index contributed by atoms with van der Waals surface area (Å²) >= 11 is 0. The molecule has 0 aliphatic carbocycles. The molecule has 4 rings (SSSR count). The molecule has 1 aromatic heterocycles. The molecule has 0 radical (unpaired) electrons. The molecule has 2 aromatic carbocycles. The number of aromatic nitrogens is 2. The van der Waals surface area contributed by atoms with Gasteiger partial charge in [0.15, 0.2) is 0 Å². The zero-order valence-electron chi connectivity index (χ0n) is 18.3.